The van der Waals surface area contributed by atoms with E-state index in [1.54, 1.807) is 7.05 Å². The summed E-state index contributed by atoms with van der Waals surface area (Å²) in [5.74, 6) is 1.75. The molecule has 1 heterocycles. The molecule has 0 saturated carbocycles. The molecule has 0 spiro atoms. The highest BCUT2D eigenvalue weighted by Crippen LogP contribution is 2.10. The molecule has 102 valence electrons. The summed E-state index contributed by atoms with van der Waals surface area (Å²) >= 11 is 0. The Kier molecular flexibility index (Phi) is 5.00. The number of rotatable bonds is 4. The van der Waals surface area contributed by atoms with Gasteiger partial charge in [0.15, 0.2) is 5.96 Å². The lowest BCUT2D eigenvalue weighted by Crippen LogP contribution is -2.40. The molecule has 1 aromatic rings. The van der Waals surface area contributed by atoms with Crippen LogP contribution in [0.5, 0.6) is 0 Å². The Labute approximate surface area is 109 Å². The first-order valence-electron chi connectivity index (χ1n) is 6.10. The molecule has 0 atom stereocenters. The van der Waals surface area contributed by atoms with Gasteiger partial charge in [-0.15, -0.1) is 0 Å². The van der Waals surface area contributed by atoms with Crippen LogP contribution in [0.3, 0.4) is 0 Å². The fourth-order valence-corrected chi connectivity index (χ4v) is 1.66. The maximum atomic E-state index is 4.37. The Hall–Kier alpha value is -1.72. The molecular weight excluding hydrogens is 228 g/mol. The highest BCUT2D eigenvalue weighted by molar-refractivity contribution is 5.79. The quantitative estimate of drug-likeness (QED) is 0.607. The predicted octanol–water partition coefficient (Wildman–Crippen LogP) is 0.560. The number of hydrogen-bond acceptors (Lipinski definition) is 3. The Bertz CT molecular complexity index is 405. The van der Waals surface area contributed by atoms with E-state index in [1.807, 2.05) is 32.2 Å². The molecule has 6 nitrogen and oxygen atoms in total. The topological polar surface area (TPSA) is 57.5 Å². The normalized spacial score (nSPS) is 11.8. The lowest BCUT2D eigenvalue weighted by atomic mass is 10.4. The van der Waals surface area contributed by atoms with Crippen molar-refractivity contribution in [1.29, 1.82) is 0 Å². The van der Waals surface area contributed by atoms with Gasteiger partial charge in [0.1, 0.15) is 0 Å². The van der Waals surface area contributed by atoms with E-state index in [1.165, 1.54) is 0 Å². The van der Waals surface area contributed by atoms with Crippen molar-refractivity contribution in [1.82, 2.24) is 20.2 Å². The molecule has 2 N–H and O–H groups in total. The third-order valence-electron chi connectivity index (χ3n) is 2.55. The minimum atomic E-state index is 0.361. The molecule has 0 amide bonds. The average molecular weight is 252 g/mol. The first-order chi connectivity index (χ1) is 8.45. The van der Waals surface area contributed by atoms with E-state index < -0.39 is 0 Å². The van der Waals surface area contributed by atoms with Gasteiger partial charge in [-0.3, -0.25) is 4.99 Å². The molecule has 0 aromatic carbocycles. The maximum absolute atomic E-state index is 4.37. The molecule has 1 rings (SSSR count). The van der Waals surface area contributed by atoms with Crippen LogP contribution in [0.25, 0.3) is 0 Å². The third-order valence-corrected chi connectivity index (χ3v) is 2.55. The molecule has 0 aliphatic rings. The zero-order chi connectivity index (χ0) is 13.7. The van der Waals surface area contributed by atoms with Crippen molar-refractivity contribution in [2.24, 2.45) is 12.0 Å². The number of guanidine groups is 1. The number of hydrogen-bond donors (Lipinski definition) is 2. The SMILES string of the molecule is CN=C(NCc1cnc(N(C)C)n1C)NC(C)C. The number of aromatic nitrogens is 2. The first kappa shape index (κ1) is 14.3. The minimum absolute atomic E-state index is 0.361. The van der Waals surface area contributed by atoms with Crippen LogP contribution < -0.4 is 15.5 Å². The van der Waals surface area contributed by atoms with Gasteiger partial charge in [0, 0.05) is 34.2 Å². The second-order valence-corrected chi connectivity index (χ2v) is 4.73. The van der Waals surface area contributed by atoms with Gasteiger partial charge in [0.25, 0.3) is 0 Å². The number of nitrogens with one attached hydrogen (secondary N) is 2. The molecule has 0 aliphatic carbocycles. The lowest BCUT2D eigenvalue weighted by molar-refractivity contribution is 0.687. The van der Waals surface area contributed by atoms with Crippen molar-refractivity contribution >= 4 is 11.9 Å². The molecule has 0 saturated heterocycles. The van der Waals surface area contributed by atoms with E-state index >= 15 is 0 Å². The van der Waals surface area contributed by atoms with Crippen molar-refractivity contribution in [3.05, 3.63) is 11.9 Å². The summed E-state index contributed by atoms with van der Waals surface area (Å²) in [6.45, 7) is 4.87. The van der Waals surface area contributed by atoms with Gasteiger partial charge in [-0.25, -0.2) is 4.98 Å². The van der Waals surface area contributed by atoms with Crippen LogP contribution in [0.2, 0.25) is 0 Å². The Morgan fingerprint density at radius 3 is 2.61 bits per heavy atom. The second-order valence-electron chi connectivity index (χ2n) is 4.73. The zero-order valence-electron chi connectivity index (χ0n) is 12.2. The first-order valence-corrected chi connectivity index (χ1v) is 6.10. The molecule has 6 heteroatoms. The molecule has 0 unspecified atom stereocenters. The fourth-order valence-electron chi connectivity index (χ4n) is 1.66. The summed E-state index contributed by atoms with van der Waals surface area (Å²) in [6, 6.07) is 0.361. The van der Waals surface area contributed by atoms with Gasteiger partial charge in [-0.05, 0) is 13.8 Å². The van der Waals surface area contributed by atoms with Crippen LogP contribution in [-0.4, -0.2) is 42.7 Å². The molecule has 0 bridgehead atoms. The van der Waals surface area contributed by atoms with Gasteiger partial charge in [-0.1, -0.05) is 0 Å². The van der Waals surface area contributed by atoms with Crippen molar-refractivity contribution in [2.45, 2.75) is 26.4 Å². The summed E-state index contributed by atoms with van der Waals surface area (Å²) in [7, 11) is 7.75. The summed E-state index contributed by atoms with van der Waals surface area (Å²) in [5.41, 5.74) is 1.12. The summed E-state index contributed by atoms with van der Waals surface area (Å²) in [6.07, 6.45) is 1.88. The van der Waals surface area contributed by atoms with Crippen LogP contribution in [0.1, 0.15) is 19.5 Å². The Morgan fingerprint density at radius 1 is 1.50 bits per heavy atom. The standard InChI is InChI=1S/C12H24N6/c1-9(2)16-11(13-3)14-7-10-8-15-12(17(4)5)18(10)6/h8-9H,7H2,1-6H3,(H2,13,14,16). The predicted molar refractivity (Wildman–Crippen MR) is 76.0 cm³/mol. The van der Waals surface area contributed by atoms with E-state index in [4.69, 9.17) is 0 Å². The molecule has 1 aromatic heterocycles. The number of anilines is 1. The molecule has 18 heavy (non-hydrogen) atoms. The lowest BCUT2D eigenvalue weighted by Gasteiger charge is -2.15. The van der Waals surface area contributed by atoms with Crippen LogP contribution in [0.4, 0.5) is 5.95 Å². The van der Waals surface area contributed by atoms with E-state index in [2.05, 4.69) is 39.0 Å². The van der Waals surface area contributed by atoms with E-state index in [-0.39, 0.29) is 0 Å². The van der Waals surface area contributed by atoms with Crippen LogP contribution >= 0.6 is 0 Å². The smallest absolute Gasteiger partial charge is 0.204 e. The van der Waals surface area contributed by atoms with Gasteiger partial charge in [-0.2, -0.15) is 0 Å². The molecule has 0 fully saturated rings. The minimum Gasteiger partial charge on any atom is -0.354 e. The molecule has 0 aliphatic heterocycles. The molecular formula is C12H24N6. The average Bonchev–Trinajstić information content (AvgIpc) is 2.65. The van der Waals surface area contributed by atoms with Crippen molar-refractivity contribution in [2.75, 3.05) is 26.0 Å². The maximum Gasteiger partial charge on any atom is 0.204 e. The Balaban J connectivity index is 2.63. The largest absolute Gasteiger partial charge is 0.354 e. The molecule has 0 radical (unpaired) electrons. The van der Waals surface area contributed by atoms with Crippen LogP contribution in [0.15, 0.2) is 11.2 Å². The van der Waals surface area contributed by atoms with Gasteiger partial charge in [0.2, 0.25) is 5.95 Å². The number of imidazole rings is 1. The summed E-state index contributed by atoms with van der Waals surface area (Å²) < 4.78 is 2.07. The second kappa shape index (κ2) is 6.28. The number of nitrogens with zero attached hydrogens (tertiary/aromatic N) is 4. The van der Waals surface area contributed by atoms with E-state index in [0.717, 1.165) is 17.6 Å². The fraction of sp³-hybridized carbons (Fsp3) is 0.667. The van der Waals surface area contributed by atoms with Crippen molar-refractivity contribution < 1.29 is 0 Å². The monoisotopic (exact) mass is 252 g/mol. The summed E-state index contributed by atoms with van der Waals surface area (Å²) in [5, 5.41) is 6.52. The summed E-state index contributed by atoms with van der Waals surface area (Å²) in [4.78, 5) is 10.5. The third kappa shape index (κ3) is 3.65. The highest BCUT2D eigenvalue weighted by Gasteiger charge is 2.08. The van der Waals surface area contributed by atoms with Crippen LogP contribution in [0, 0.1) is 0 Å². The van der Waals surface area contributed by atoms with Gasteiger partial charge in [0.05, 0.1) is 18.4 Å². The Morgan fingerprint density at radius 2 is 2.17 bits per heavy atom. The zero-order valence-corrected chi connectivity index (χ0v) is 12.2. The highest BCUT2D eigenvalue weighted by atomic mass is 15.3. The van der Waals surface area contributed by atoms with Crippen molar-refractivity contribution in [3.8, 4) is 0 Å². The van der Waals surface area contributed by atoms with E-state index in [0.29, 0.717) is 12.6 Å². The van der Waals surface area contributed by atoms with E-state index in [9.17, 15) is 0 Å². The van der Waals surface area contributed by atoms with Crippen molar-refractivity contribution in [3.63, 3.8) is 0 Å². The van der Waals surface area contributed by atoms with Crippen LogP contribution in [-0.2, 0) is 13.6 Å². The van der Waals surface area contributed by atoms with Gasteiger partial charge >= 0.3 is 0 Å². The number of aliphatic imine (C=N–C) groups is 1. The van der Waals surface area contributed by atoms with Gasteiger partial charge < -0.3 is 20.1 Å².